The van der Waals surface area contributed by atoms with Crippen LogP contribution in [-0.4, -0.2) is 53.2 Å². The minimum atomic E-state index is -0.580. The number of ether oxygens (including phenoxy) is 1. The molecule has 0 saturated carbocycles. The molecule has 1 aliphatic rings. The molecule has 1 atom stereocenters. The van der Waals surface area contributed by atoms with Crippen molar-refractivity contribution in [2.24, 2.45) is 0 Å². The van der Waals surface area contributed by atoms with Crippen molar-refractivity contribution in [3.63, 3.8) is 0 Å². The monoisotopic (exact) mass is 300 g/mol. The number of aliphatic hydroxyl groups excluding tert-OH is 1. The quantitative estimate of drug-likeness (QED) is 0.666. The maximum absolute atomic E-state index is 12.3. The van der Waals surface area contributed by atoms with Crippen LogP contribution in [0, 0.1) is 10.1 Å². The molecule has 8 heteroatoms. The molecule has 1 aromatic rings. The zero-order valence-electron chi connectivity index (χ0n) is 10.5. The first-order valence-corrected chi connectivity index (χ1v) is 6.36. The standard InChI is InChI=1S/C12H13ClN2O5/c13-11-2-1-8(15(18)19)5-10(11)12(17)14-3-4-20-9(6-14)7-16/h1-2,5,9,16H,3-4,6-7H2. The number of halogens is 1. The Morgan fingerprint density at radius 1 is 1.60 bits per heavy atom. The van der Waals surface area contributed by atoms with Gasteiger partial charge in [-0.3, -0.25) is 14.9 Å². The van der Waals surface area contributed by atoms with Gasteiger partial charge in [-0.1, -0.05) is 11.6 Å². The van der Waals surface area contributed by atoms with E-state index in [2.05, 4.69) is 0 Å². The van der Waals surface area contributed by atoms with Crippen molar-refractivity contribution in [2.45, 2.75) is 6.10 Å². The van der Waals surface area contributed by atoms with Crippen LogP contribution in [-0.2, 0) is 4.74 Å². The fourth-order valence-electron chi connectivity index (χ4n) is 1.98. The predicted octanol–water partition coefficient (Wildman–Crippen LogP) is 1.08. The summed E-state index contributed by atoms with van der Waals surface area (Å²) in [7, 11) is 0. The first-order valence-electron chi connectivity index (χ1n) is 5.98. The van der Waals surface area contributed by atoms with Crippen molar-refractivity contribution in [2.75, 3.05) is 26.3 Å². The lowest BCUT2D eigenvalue weighted by molar-refractivity contribution is -0.384. The molecule has 2 rings (SSSR count). The van der Waals surface area contributed by atoms with Crippen molar-refractivity contribution in [1.82, 2.24) is 4.90 Å². The Labute approximate surface area is 119 Å². The highest BCUT2D eigenvalue weighted by Crippen LogP contribution is 2.24. The SMILES string of the molecule is O=C(c1cc([N+](=O)[O-])ccc1Cl)N1CCOC(CO)C1. The van der Waals surface area contributed by atoms with Gasteiger partial charge in [-0.2, -0.15) is 0 Å². The number of aliphatic hydroxyl groups is 1. The molecule has 7 nitrogen and oxygen atoms in total. The lowest BCUT2D eigenvalue weighted by Gasteiger charge is -2.32. The highest BCUT2D eigenvalue weighted by Gasteiger charge is 2.26. The van der Waals surface area contributed by atoms with E-state index >= 15 is 0 Å². The fourth-order valence-corrected chi connectivity index (χ4v) is 2.17. The molecule has 0 spiro atoms. The molecule has 1 N–H and O–H groups in total. The van der Waals surface area contributed by atoms with Gasteiger partial charge in [0, 0.05) is 25.2 Å². The Balaban J connectivity index is 2.24. The van der Waals surface area contributed by atoms with E-state index in [-0.39, 0.29) is 29.4 Å². The molecule has 1 aliphatic heterocycles. The largest absolute Gasteiger partial charge is 0.394 e. The molecule has 0 radical (unpaired) electrons. The number of hydrogen-bond acceptors (Lipinski definition) is 5. The Bertz CT molecular complexity index is 537. The van der Waals surface area contributed by atoms with Gasteiger partial charge in [0.15, 0.2) is 0 Å². The zero-order chi connectivity index (χ0) is 14.7. The lowest BCUT2D eigenvalue weighted by Crippen LogP contribution is -2.47. The van der Waals surface area contributed by atoms with E-state index in [1.165, 1.54) is 17.0 Å². The van der Waals surface area contributed by atoms with Gasteiger partial charge < -0.3 is 14.7 Å². The number of benzene rings is 1. The van der Waals surface area contributed by atoms with E-state index < -0.39 is 16.9 Å². The number of nitrogens with zero attached hydrogens (tertiary/aromatic N) is 2. The Morgan fingerprint density at radius 2 is 2.35 bits per heavy atom. The number of nitro groups is 1. The summed E-state index contributed by atoms with van der Waals surface area (Å²) in [4.78, 5) is 24.0. The molecule has 0 aliphatic carbocycles. The second-order valence-corrected chi connectivity index (χ2v) is 4.76. The first kappa shape index (κ1) is 14.7. The number of non-ortho nitro benzene ring substituents is 1. The van der Waals surface area contributed by atoms with Gasteiger partial charge in [-0.05, 0) is 6.07 Å². The van der Waals surface area contributed by atoms with Crippen LogP contribution in [0.4, 0.5) is 5.69 Å². The second kappa shape index (κ2) is 6.17. The van der Waals surface area contributed by atoms with Crippen molar-refractivity contribution in [1.29, 1.82) is 0 Å². The van der Waals surface area contributed by atoms with Crippen LogP contribution in [0.2, 0.25) is 5.02 Å². The maximum atomic E-state index is 12.3. The van der Waals surface area contributed by atoms with Crippen molar-refractivity contribution in [3.05, 3.63) is 38.9 Å². The molecule has 1 heterocycles. The van der Waals surface area contributed by atoms with Crippen LogP contribution in [0.1, 0.15) is 10.4 Å². The number of nitro benzene ring substituents is 1. The van der Waals surface area contributed by atoms with Crippen molar-refractivity contribution >= 4 is 23.2 Å². The molecule has 20 heavy (non-hydrogen) atoms. The van der Waals surface area contributed by atoms with Crippen LogP contribution >= 0.6 is 11.6 Å². The Morgan fingerprint density at radius 3 is 3.00 bits per heavy atom. The molecule has 1 fully saturated rings. The minimum Gasteiger partial charge on any atom is -0.394 e. The number of carbonyl (C=O) groups excluding carboxylic acids is 1. The lowest BCUT2D eigenvalue weighted by atomic mass is 10.1. The van der Waals surface area contributed by atoms with Crippen LogP contribution < -0.4 is 0 Å². The maximum Gasteiger partial charge on any atom is 0.270 e. The van der Waals surface area contributed by atoms with Gasteiger partial charge in [0.1, 0.15) is 0 Å². The van der Waals surface area contributed by atoms with Crippen molar-refractivity contribution < 1.29 is 19.6 Å². The molecule has 1 amide bonds. The predicted molar refractivity (Wildman–Crippen MR) is 70.8 cm³/mol. The Kier molecular flexibility index (Phi) is 4.53. The topological polar surface area (TPSA) is 92.9 Å². The molecule has 1 saturated heterocycles. The molecule has 0 bridgehead atoms. The normalized spacial score (nSPS) is 18.9. The molecule has 108 valence electrons. The first-order chi connectivity index (χ1) is 9.52. The smallest absolute Gasteiger partial charge is 0.270 e. The van der Waals surface area contributed by atoms with E-state index in [4.69, 9.17) is 21.4 Å². The number of hydrogen-bond donors (Lipinski definition) is 1. The Hall–Kier alpha value is -1.70. The van der Waals surface area contributed by atoms with E-state index in [1.54, 1.807) is 0 Å². The molecule has 1 unspecified atom stereocenters. The highest BCUT2D eigenvalue weighted by atomic mass is 35.5. The number of amides is 1. The van der Waals surface area contributed by atoms with Crippen LogP contribution in [0.15, 0.2) is 18.2 Å². The average Bonchev–Trinajstić information content (AvgIpc) is 2.46. The summed E-state index contributed by atoms with van der Waals surface area (Å²) in [5.74, 6) is -0.402. The molecule has 1 aromatic carbocycles. The summed E-state index contributed by atoms with van der Waals surface area (Å²) in [5, 5.41) is 20.0. The van der Waals surface area contributed by atoms with E-state index in [1.807, 2.05) is 0 Å². The minimum absolute atomic E-state index is 0.0828. The van der Waals surface area contributed by atoms with Gasteiger partial charge in [-0.25, -0.2) is 0 Å². The molecular weight excluding hydrogens is 288 g/mol. The van der Waals surface area contributed by atoms with Crippen molar-refractivity contribution in [3.8, 4) is 0 Å². The van der Waals surface area contributed by atoms with Crippen LogP contribution in [0.5, 0.6) is 0 Å². The summed E-state index contributed by atoms with van der Waals surface area (Å²) in [6.45, 7) is 0.707. The fraction of sp³-hybridized carbons (Fsp3) is 0.417. The average molecular weight is 301 g/mol. The van der Waals surface area contributed by atoms with Gasteiger partial charge >= 0.3 is 0 Å². The number of morpholine rings is 1. The zero-order valence-corrected chi connectivity index (χ0v) is 11.2. The summed E-state index contributed by atoms with van der Waals surface area (Å²) in [6.07, 6.45) is -0.440. The number of rotatable bonds is 3. The number of carbonyl (C=O) groups is 1. The summed E-state index contributed by atoms with van der Waals surface area (Å²) < 4.78 is 5.25. The van der Waals surface area contributed by atoms with Gasteiger partial charge in [-0.15, -0.1) is 0 Å². The van der Waals surface area contributed by atoms with Gasteiger partial charge in [0.05, 0.1) is 34.8 Å². The third kappa shape index (κ3) is 3.06. The van der Waals surface area contributed by atoms with Gasteiger partial charge in [0.25, 0.3) is 11.6 Å². The van der Waals surface area contributed by atoms with E-state index in [0.717, 1.165) is 6.07 Å². The van der Waals surface area contributed by atoms with E-state index in [0.29, 0.717) is 13.2 Å². The summed E-state index contributed by atoms with van der Waals surface area (Å²) in [5.41, 5.74) is -0.107. The van der Waals surface area contributed by atoms with Gasteiger partial charge in [0.2, 0.25) is 0 Å². The van der Waals surface area contributed by atoms with Crippen LogP contribution in [0.3, 0.4) is 0 Å². The summed E-state index contributed by atoms with van der Waals surface area (Å²) >= 11 is 5.93. The third-order valence-corrected chi connectivity index (χ3v) is 3.35. The van der Waals surface area contributed by atoms with Crippen LogP contribution in [0.25, 0.3) is 0 Å². The molecule has 0 aromatic heterocycles. The second-order valence-electron chi connectivity index (χ2n) is 4.35. The highest BCUT2D eigenvalue weighted by molar-refractivity contribution is 6.33. The summed E-state index contributed by atoms with van der Waals surface area (Å²) in [6, 6.07) is 3.74. The molecular formula is C12H13ClN2O5. The van der Waals surface area contributed by atoms with E-state index in [9.17, 15) is 14.9 Å². The third-order valence-electron chi connectivity index (χ3n) is 3.02.